The van der Waals surface area contributed by atoms with Crippen LogP contribution in [0.2, 0.25) is 0 Å². The van der Waals surface area contributed by atoms with Crippen molar-refractivity contribution in [3.8, 4) is 0 Å². The van der Waals surface area contributed by atoms with Gasteiger partial charge in [0.25, 0.3) is 5.91 Å². The molecule has 0 spiro atoms. The molecule has 1 aliphatic heterocycles. The van der Waals surface area contributed by atoms with E-state index in [0.717, 1.165) is 13.1 Å². The minimum Gasteiger partial charge on any atom is -0.480 e. The molecule has 2 amide bonds. The van der Waals surface area contributed by atoms with Gasteiger partial charge in [0, 0.05) is 19.5 Å². The van der Waals surface area contributed by atoms with E-state index in [0.29, 0.717) is 0 Å². The second-order valence-electron chi connectivity index (χ2n) is 4.77. The van der Waals surface area contributed by atoms with Gasteiger partial charge in [-0.05, 0) is 6.42 Å². The van der Waals surface area contributed by atoms with Crippen molar-refractivity contribution in [1.29, 1.82) is 0 Å². The molecule has 0 saturated carbocycles. The smallest absolute Gasteiger partial charge is 0.326 e. The van der Waals surface area contributed by atoms with Crippen molar-refractivity contribution < 1.29 is 19.5 Å². The monoisotopic (exact) mass is 296 g/mol. The number of hydrogen-bond donors (Lipinski definition) is 4. The number of amides is 2. The quantitative estimate of drug-likeness (QED) is 0.448. The minimum atomic E-state index is -1.24. The van der Waals surface area contributed by atoms with Crippen molar-refractivity contribution in [2.45, 2.75) is 24.9 Å². The molecule has 10 nitrogen and oxygen atoms in total. The minimum absolute atomic E-state index is 0.0345. The van der Waals surface area contributed by atoms with Crippen molar-refractivity contribution in [2.24, 2.45) is 5.73 Å². The van der Waals surface area contributed by atoms with Gasteiger partial charge >= 0.3 is 5.97 Å². The Morgan fingerprint density at radius 3 is 2.76 bits per heavy atom. The summed E-state index contributed by atoms with van der Waals surface area (Å²) in [7, 11) is 0. The highest BCUT2D eigenvalue weighted by molar-refractivity contribution is 5.94. The van der Waals surface area contributed by atoms with Gasteiger partial charge in [0.05, 0.1) is 12.2 Å². The van der Waals surface area contributed by atoms with E-state index >= 15 is 0 Å². The van der Waals surface area contributed by atoms with Gasteiger partial charge in [-0.1, -0.05) is 5.21 Å². The van der Waals surface area contributed by atoms with Gasteiger partial charge in [-0.2, -0.15) is 0 Å². The molecule has 21 heavy (non-hydrogen) atoms. The van der Waals surface area contributed by atoms with Crippen LogP contribution in [0.15, 0.2) is 6.20 Å². The lowest BCUT2D eigenvalue weighted by molar-refractivity contribution is -0.139. The van der Waals surface area contributed by atoms with Crippen molar-refractivity contribution in [1.82, 2.24) is 25.6 Å². The fourth-order valence-corrected chi connectivity index (χ4v) is 1.80. The molecule has 1 aliphatic rings. The average molecular weight is 296 g/mol. The number of primary amides is 1. The summed E-state index contributed by atoms with van der Waals surface area (Å²) in [6.45, 7) is 1.50. The lowest BCUT2D eigenvalue weighted by Gasteiger charge is -2.26. The second kappa shape index (κ2) is 6.31. The van der Waals surface area contributed by atoms with E-state index in [1.807, 2.05) is 0 Å². The van der Waals surface area contributed by atoms with Gasteiger partial charge in [-0.3, -0.25) is 9.59 Å². The van der Waals surface area contributed by atoms with Crippen molar-refractivity contribution in [3.05, 3.63) is 11.9 Å². The number of nitrogens with zero attached hydrogens (tertiary/aromatic N) is 3. The van der Waals surface area contributed by atoms with Crippen LogP contribution in [-0.2, 0) is 9.59 Å². The number of nitrogens with one attached hydrogen (secondary N) is 2. The molecule has 10 heteroatoms. The van der Waals surface area contributed by atoms with Crippen LogP contribution in [-0.4, -0.2) is 57.0 Å². The molecule has 0 radical (unpaired) electrons. The number of nitrogens with two attached hydrogens (primary N) is 1. The van der Waals surface area contributed by atoms with E-state index in [1.165, 1.54) is 6.20 Å². The third-order valence-electron chi connectivity index (χ3n) is 3.16. The molecule has 2 rings (SSSR count). The molecule has 0 aromatic carbocycles. The third kappa shape index (κ3) is 3.75. The van der Waals surface area contributed by atoms with Gasteiger partial charge in [0.15, 0.2) is 5.69 Å². The predicted octanol–water partition coefficient (Wildman–Crippen LogP) is -2.13. The van der Waals surface area contributed by atoms with Crippen molar-refractivity contribution in [2.75, 3.05) is 13.1 Å². The number of rotatable bonds is 7. The van der Waals surface area contributed by atoms with E-state index in [1.54, 1.807) is 4.68 Å². The molecule has 1 fully saturated rings. The zero-order chi connectivity index (χ0) is 15.4. The van der Waals surface area contributed by atoms with Crippen LogP contribution in [0.25, 0.3) is 0 Å². The van der Waals surface area contributed by atoms with Gasteiger partial charge in [-0.25, -0.2) is 9.48 Å². The van der Waals surface area contributed by atoms with Crippen LogP contribution in [0, 0.1) is 0 Å². The summed E-state index contributed by atoms with van der Waals surface area (Å²) in [4.78, 5) is 33.6. The Bertz CT molecular complexity index is 553. The standard InChI is InChI=1S/C11H16N6O4/c12-9(18)2-1-7(11(20)21)14-10(19)8-5-17(16-15-8)6-3-13-4-6/h5-7,13H,1-4H2,(H2,12,18)(H,14,19)(H,20,21). The lowest BCUT2D eigenvalue weighted by Crippen LogP contribution is -2.43. The van der Waals surface area contributed by atoms with Gasteiger partial charge in [0.2, 0.25) is 5.91 Å². The molecular formula is C11H16N6O4. The lowest BCUT2D eigenvalue weighted by atomic mass is 10.1. The molecule has 0 aliphatic carbocycles. The van der Waals surface area contributed by atoms with E-state index < -0.39 is 23.8 Å². The van der Waals surface area contributed by atoms with Crippen LogP contribution in [0.1, 0.15) is 29.4 Å². The van der Waals surface area contributed by atoms with Crippen LogP contribution < -0.4 is 16.4 Å². The zero-order valence-electron chi connectivity index (χ0n) is 11.2. The predicted molar refractivity (Wildman–Crippen MR) is 69.2 cm³/mol. The van der Waals surface area contributed by atoms with Crippen molar-refractivity contribution in [3.63, 3.8) is 0 Å². The third-order valence-corrected chi connectivity index (χ3v) is 3.16. The molecule has 5 N–H and O–H groups in total. The molecule has 2 heterocycles. The zero-order valence-corrected chi connectivity index (χ0v) is 11.2. The van der Waals surface area contributed by atoms with Crippen LogP contribution >= 0.6 is 0 Å². The molecule has 114 valence electrons. The first-order valence-corrected chi connectivity index (χ1v) is 6.42. The molecule has 1 aromatic rings. The fourth-order valence-electron chi connectivity index (χ4n) is 1.80. The summed E-state index contributed by atoms with van der Waals surface area (Å²) in [6.07, 6.45) is 1.27. The number of aromatic nitrogens is 3. The Morgan fingerprint density at radius 2 is 2.24 bits per heavy atom. The van der Waals surface area contributed by atoms with E-state index in [2.05, 4.69) is 20.9 Å². The Hall–Kier alpha value is -2.49. The number of hydrogen-bond acceptors (Lipinski definition) is 6. The Labute approximate surface area is 119 Å². The molecule has 1 unspecified atom stereocenters. The van der Waals surface area contributed by atoms with Gasteiger partial charge in [-0.15, -0.1) is 5.10 Å². The number of carboxylic acid groups (broad SMARTS) is 1. The summed E-state index contributed by atoms with van der Waals surface area (Å²) in [5.41, 5.74) is 5.00. The summed E-state index contributed by atoms with van der Waals surface area (Å²) in [6, 6.07) is -1.04. The molecule has 0 bridgehead atoms. The molecule has 1 atom stereocenters. The van der Waals surface area contributed by atoms with Gasteiger partial charge in [0.1, 0.15) is 6.04 Å². The highest BCUT2D eigenvalue weighted by Crippen LogP contribution is 2.10. The number of carbonyl (C=O) groups is 3. The van der Waals surface area contributed by atoms with Gasteiger partial charge < -0.3 is 21.5 Å². The second-order valence-corrected chi connectivity index (χ2v) is 4.77. The Balaban J connectivity index is 1.95. The average Bonchev–Trinajstić information content (AvgIpc) is 2.80. The van der Waals surface area contributed by atoms with Crippen molar-refractivity contribution >= 4 is 17.8 Å². The summed E-state index contributed by atoms with van der Waals surface area (Å²) >= 11 is 0. The maximum atomic E-state index is 11.9. The topological polar surface area (TPSA) is 152 Å². The molecule has 1 saturated heterocycles. The summed E-state index contributed by atoms with van der Waals surface area (Å²) in [5.74, 6) is -2.51. The number of carboxylic acids is 1. The Kier molecular flexibility index (Phi) is 4.48. The largest absolute Gasteiger partial charge is 0.480 e. The first-order chi connectivity index (χ1) is 9.97. The highest BCUT2D eigenvalue weighted by atomic mass is 16.4. The highest BCUT2D eigenvalue weighted by Gasteiger charge is 2.25. The van der Waals surface area contributed by atoms with Crippen LogP contribution in [0.3, 0.4) is 0 Å². The normalized spacial score (nSPS) is 16.0. The van der Waals surface area contributed by atoms with E-state index in [-0.39, 0.29) is 24.6 Å². The number of carbonyl (C=O) groups excluding carboxylic acids is 2. The maximum absolute atomic E-state index is 11.9. The number of aliphatic carboxylic acids is 1. The molecule has 1 aromatic heterocycles. The maximum Gasteiger partial charge on any atom is 0.326 e. The van der Waals surface area contributed by atoms with E-state index in [4.69, 9.17) is 10.8 Å². The van der Waals surface area contributed by atoms with Crippen LogP contribution in [0.4, 0.5) is 0 Å². The SMILES string of the molecule is NC(=O)CCC(NC(=O)c1cn(C2CNC2)nn1)C(=O)O. The first kappa shape index (κ1) is 14.9. The fraction of sp³-hybridized carbons (Fsp3) is 0.545. The van der Waals surface area contributed by atoms with Crippen LogP contribution in [0.5, 0.6) is 0 Å². The Morgan fingerprint density at radius 1 is 1.52 bits per heavy atom. The van der Waals surface area contributed by atoms with E-state index in [9.17, 15) is 14.4 Å². The molecular weight excluding hydrogens is 280 g/mol. The first-order valence-electron chi connectivity index (χ1n) is 6.42. The summed E-state index contributed by atoms with van der Waals surface area (Å²) in [5, 5.41) is 21.9. The summed E-state index contributed by atoms with van der Waals surface area (Å²) < 4.78 is 1.56.